The van der Waals surface area contributed by atoms with E-state index in [-0.39, 0.29) is 12.5 Å². The molecule has 0 unspecified atom stereocenters. The quantitative estimate of drug-likeness (QED) is 0.742. The lowest BCUT2D eigenvalue weighted by Crippen LogP contribution is -2.30. The second-order valence-corrected chi connectivity index (χ2v) is 6.33. The second-order valence-electron chi connectivity index (χ2n) is 5.48. The molecule has 8 heteroatoms. The topological polar surface area (TPSA) is 75.9 Å². The summed E-state index contributed by atoms with van der Waals surface area (Å²) in [4.78, 5) is 19.7. The highest BCUT2D eigenvalue weighted by molar-refractivity contribution is 7.13. The number of nitrogens with zero attached hydrogens (tertiary/aromatic N) is 5. The fraction of sp³-hybridized carbons (Fsp3) is 0.250. The second kappa shape index (κ2) is 7.33. The van der Waals surface area contributed by atoms with Crippen molar-refractivity contribution in [2.75, 3.05) is 18.9 Å². The van der Waals surface area contributed by atoms with Crippen molar-refractivity contribution in [2.45, 2.75) is 13.5 Å². The van der Waals surface area contributed by atoms with E-state index in [1.54, 1.807) is 11.0 Å². The normalized spacial score (nSPS) is 11.0. The average molecular weight is 342 g/mol. The lowest BCUT2D eigenvalue weighted by atomic mass is 10.3. The van der Waals surface area contributed by atoms with Crippen molar-refractivity contribution in [3.63, 3.8) is 0 Å². The zero-order valence-corrected chi connectivity index (χ0v) is 14.3. The lowest BCUT2D eigenvalue weighted by molar-refractivity contribution is -0.117. The van der Waals surface area contributed by atoms with Crippen LogP contribution in [0.25, 0.3) is 5.69 Å². The molecule has 1 aromatic carbocycles. The van der Waals surface area contributed by atoms with E-state index in [9.17, 15) is 4.79 Å². The number of hydrogen-bond acceptors (Lipinski definition) is 6. The van der Waals surface area contributed by atoms with Gasteiger partial charge in [-0.05, 0) is 26.1 Å². The molecule has 2 aromatic heterocycles. The largest absolute Gasteiger partial charge is 0.301 e. The van der Waals surface area contributed by atoms with Gasteiger partial charge in [-0.1, -0.05) is 18.2 Å². The smallest absolute Gasteiger partial charge is 0.240 e. The molecule has 0 bridgehead atoms. The first kappa shape index (κ1) is 16.3. The van der Waals surface area contributed by atoms with Gasteiger partial charge in [-0.3, -0.25) is 9.69 Å². The molecule has 124 valence electrons. The number of rotatable bonds is 6. The highest BCUT2D eigenvalue weighted by Gasteiger charge is 2.11. The molecule has 1 N–H and O–H groups in total. The van der Waals surface area contributed by atoms with Gasteiger partial charge in [0.15, 0.2) is 5.13 Å². The van der Waals surface area contributed by atoms with Crippen molar-refractivity contribution in [3.05, 3.63) is 53.3 Å². The van der Waals surface area contributed by atoms with E-state index in [1.807, 2.05) is 54.6 Å². The zero-order valence-electron chi connectivity index (χ0n) is 13.5. The number of amides is 1. The molecule has 2 heterocycles. The van der Waals surface area contributed by atoms with Crippen molar-refractivity contribution in [3.8, 4) is 5.69 Å². The summed E-state index contributed by atoms with van der Waals surface area (Å²) in [5.74, 6) is -0.0951. The van der Waals surface area contributed by atoms with Gasteiger partial charge in [-0.2, -0.15) is 15.0 Å². The number of aromatic nitrogens is 4. The molecule has 0 radical (unpaired) electrons. The highest BCUT2D eigenvalue weighted by atomic mass is 32.1. The zero-order chi connectivity index (χ0) is 16.9. The van der Waals surface area contributed by atoms with E-state index < -0.39 is 0 Å². The third-order valence-corrected chi connectivity index (χ3v) is 4.11. The van der Waals surface area contributed by atoms with Crippen LogP contribution < -0.4 is 5.32 Å². The van der Waals surface area contributed by atoms with Gasteiger partial charge < -0.3 is 5.32 Å². The van der Waals surface area contributed by atoms with Gasteiger partial charge in [-0.25, -0.2) is 4.98 Å². The molecule has 0 atom stereocenters. The van der Waals surface area contributed by atoms with E-state index >= 15 is 0 Å². The summed E-state index contributed by atoms with van der Waals surface area (Å²) < 4.78 is 0. The van der Waals surface area contributed by atoms with E-state index in [0.717, 1.165) is 17.1 Å². The minimum atomic E-state index is -0.0951. The van der Waals surface area contributed by atoms with Crippen LogP contribution >= 0.6 is 11.3 Å². The maximum Gasteiger partial charge on any atom is 0.240 e. The SMILES string of the molecule is Cc1csc(NC(=O)CN(C)Cc2cnn(-c3ccccc3)n2)n1. The van der Waals surface area contributed by atoms with Crippen molar-refractivity contribution in [1.29, 1.82) is 0 Å². The Hall–Kier alpha value is -2.58. The van der Waals surface area contributed by atoms with E-state index in [1.165, 1.54) is 11.3 Å². The van der Waals surface area contributed by atoms with Crippen LogP contribution in [0.2, 0.25) is 0 Å². The monoisotopic (exact) mass is 342 g/mol. The van der Waals surface area contributed by atoms with Gasteiger partial charge in [0.2, 0.25) is 5.91 Å². The first-order valence-corrected chi connectivity index (χ1v) is 8.35. The Morgan fingerprint density at radius 2 is 2.12 bits per heavy atom. The number of aryl methyl sites for hydroxylation is 1. The van der Waals surface area contributed by atoms with Crippen LogP contribution in [0.15, 0.2) is 41.9 Å². The fourth-order valence-electron chi connectivity index (χ4n) is 2.20. The Bertz CT molecular complexity index is 813. The van der Waals surface area contributed by atoms with Crippen LogP contribution in [0, 0.1) is 6.92 Å². The van der Waals surface area contributed by atoms with Crippen LogP contribution in [-0.4, -0.2) is 44.4 Å². The van der Waals surface area contributed by atoms with Gasteiger partial charge in [0.25, 0.3) is 0 Å². The molecule has 1 amide bonds. The van der Waals surface area contributed by atoms with Crippen molar-refractivity contribution >= 4 is 22.4 Å². The molecule has 0 saturated heterocycles. The molecule has 0 fully saturated rings. The Morgan fingerprint density at radius 1 is 1.33 bits per heavy atom. The minimum absolute atomic E-state index is 0.0951. The maximum absolute atomic E-state index is 12.0. The highest BCUT2D eigenvalue weighted by Crippen LogP contribution is 2.14. The van der Waals surface area contributed by atoms with E-state index in [2.05, 4.69) is 20.5 Å². The Labute approximate surface area is 143 Å². The summed E-state index contributed by atoms with van der Waals surface area (Å²) in [5.41, 5.74) is 2.61. The third kappa shape index (κ3) is 4.24. The van der Waals surface area contributed by atoms with Gasteiger partial charge in [0, 0.05) is 11.9 Å². The van der Waals surface area contributed by atoms with Gasteiger partial charge >= 0.3 is 0 Å². The molecule has 7 nitrogen and oxygen atoms in total. The molecule has 3 aromatic rings. The number of likely N-dealkylation sites (N-methyl/N-ethyl adjacent to an activating group) is 1. The Morgan fingerprint density at radius 3 is 2.83 bits per heavy atom. The summed E-state index contributed by atoms with van der Waals surface area (Å²) in [6.45, 7) is 2.70. The van der Waals surface area contributed by atoms with Crippen molar-refractivity contribution in [2.24, 2.45) is 0 Å². The van der Waals surface area contributed by atoms with Crippen molar-refractivity contribution in [1.82, 2.24) is 24.9 Å². The molecule has 0 aliphatic rings. The summed E-state index contributed by atoms with van der Waals surface area (Å²) >= 11 is 1.42. The maximum atomic E-state index is 12.0. The molecule has 0 aliphatic carbocycles. The average Bonchev–Trinajstić information content (AvgIpc) is 3.17. The predicted octanol–water partition coefficient (Wildman–Crippen LogP) is 2.10. The summed E-state index contributed by atoms with van der Waals surface area (Å²) in [7, 11) is 1.87. The van der Waals surface area contributed by atoms with Crippen LogP contribution in [0.3, 0.4) is 0 Å². The number of carbonyl (C=O) groups excluding carboxylic acids is 1. The van der Waals surface area contributed by atoms with Gasteiger partial charge in [0.05, 0.1) is 29.8 Å². The summed E-state index contributed by atoms with van der Waals surface area (Å²) in [6, 6.07) is 9.71. The van der Waals surface area contributed by atoms with E-state index in [4.69, 9.17) is 0 Å². The minimum Gasteiger partial charge on any atom is -0.301 e. The summed E-state index contributed by atoms with van der Waals surface area (Å²) in [6.07, 6.45) is 1.71. The Kier molecular flexibility index (Phi) is 4.97. The molecule has 3 rings (SSSR count). The number of nitrogens with one attached hydrogen (secondary N) is 1. The van der Waals surface area contributed by atoms with Crippen LogP contribution in [0.1, 0.15) is 11.4 Å². The first-order chi connectivity index (χ1) is 11.6. The standard InChI is InChI=1S/C16H18N6OS/c1-12-11-24-16(18-12)19-15(23)10-21(2)9-13-8-17-22(20-13)14-6-4-3-5-7-14/h3-8,11H,9-10H2,1-2H3,(H,18,19,23). The number of hydrogen-bond donors (Lipinski definition) is 1. The molecule has 0 aliphatic heterocycles. The number of carbonyl (C=O) groups is 1. The number of benzene rings is 1. The van der Waals surface area contributed by atoms with E-state index in [0.29, 0.717) is 11.7 Å². The first-order valence-electron chi connectivity index (χ1n) is 7.47. The number of para-hydroxylation sites is 1. The lowest BCUT2D eigenvalue weighted by Gasteiger charge is -2.13. The number of thiazole rings is 1. The Balaban J connectivity index is 1.54. The molecule has 0 spiro atoms. The third-order valence-electron chi connectivity index (χ3n) is 3.24. The molecule has 24 heavy (non-hydrogen) atoms. The predicted molar refractivity (Wildman–Crippen MR) is 93.2 cm³/mol. The van der Waals surface area contributed by atoms with Gasteiger partial charge in [0.1, 0.15) is 0 Å². The fourth-order valence-corrected chi connectivity index (χ4v) is 2.90. The van der Waals surface area contributed by atoms with Crippen LogP contribution in [0.4, 0.5) is 5.13 Å². The van der Waals surface area contributed by atoms with Gasteiger partial charge in [-0.15, -0.1) is 11.3 Å². The number of anilines is 1. The summed E-state index contributed by atoms with van der Waals surface area (Å²) in [5, 5.41) is 14.0. The molecule has 0 saturated carbocycles. The van der Waals surface area contributed by atoms with Crippen molar-refractivity contribution < 1.29 is 4.79 Å². The van der Waals surface area contributed by atoms with Crippen LogP contribution in [-0.2, 0) is 11.3 Å². The molecular weight excluding hydrogens is 324 g/mol. The van der Waals surface area contributed by atoms with Crippen LogP contribution in [0.5, 0.6) is 0 Å². The molecular formula is C16H18N6OS.